The van der Waals surface area contributed by atoms with Gasteiger partial charge in [-0.1, -0.05) is 11.6 Å². The van der Waals surface area contributed by atoms with Gasteiger partial charge >= 0.3 is 0 Å². The molecule has 0 unspecified atom stereocenters. The number of ether oxygens (including phenoxy) is 1. The molecule has 0 saturated carbocycles. The van der Waals surface area contributed by atoms with Gasteiger partial charge in [0.25, 0.3) is 0 Å². The van der Waals surface area contributed by atoms with Crippen LogP contribution in [0.1, 0.15) is 13.3 Å². The highest BCUT2D eigenvalue weighted by Crippen LogP contribution is 2.28. The van der Waals surface area contributed by atoms with Crippen LogP contribution in [0.15, 0.2) is 12.1 Å². The van der Waals surface area contributed by atoms with Crippen molar-refractivity contribution in [2.75, 3.05) is 12.3 Å². The summed E-state index contributed by atoms with van der Waals surface area (Å²) in [4.78, 5) is 0. The lowest BCUT2D eigenvalue weighted by Gasteiger charge is -2.07. The van der Waals surface area contributed by atoms with Gasteiger partial charge in [0.15, 0.2) is 0 Å². The molecule has 0 aromatic heterocycles. The molecule has 0 bridgehead atoms. The molecule has 0 spiro atoms. The number of rotatable bonds is 3. The number of hydrogen-bond donors (Lipinski definition) is 1. The predicted molar refractivity (Wildman–Crippen MR) is 59.4 cm³/mol. The first-order valence-corrected chi connectivity index (χ1v) is 4.80. The number of halogens is 2. The van der Waals surface area contributed by atoms with Crippen molar-refractivity contribution < 1.29 is 9.13 Å². The van der Waals surface area contributed by atoms with Gasteiger partial charge < -0.3 is 10.5 Å². The largest absolute Gasteiger partial charge is 0.491 e. The molecular weight excluding hydrogens is 217 g/mol. The third-order valence-corrected chi connectivity index (χ3v) is 2.01. The van der Waals surface area contributed by atoms with Crippen LogP contribution in [-0.4, -0.2) is 6.61 Å². The van der Waals surface area contributed by atoms with Crippen LogP contribution in [0.4, 0.5) is 10.1 Å². The molecule has 2 nitrogen and oxygen atoms in total. The van der Waals surface area contributed by atoms with Gasteiger partial charge in [-0.2, -0.15) is 0 Å². The van der Waals surface area contributed by atoms with E-state index < -0.39 is 5.82 Å². The Bertz CT molecular complexity index is 409. The summed E-state index contributed by atoms with van der Waals surface area (Å²) in [6.45, 7) is 2.16. The number of benzene rings is 1. The fraction of sp³-hybridized carbons (Fsp3) is 0.273. The molecule has 0 amide bonds. The SMILES string of the molecule is CC#CCCOc1cc(N)c(F)cc1Cl. The summed E-state index contributed by atoms with van der Waals surface area (Å²) in [5.74, 6) is 5.42. The maximum Gasteiger partial charge on any atom is 0.147 e. The lowest BCUT2D eigenvalue weighted by Crippen LogP contribution is -1.99. The van der Waals surface area contributed by atoms with Gasteiger partial charge in [-0.3, -0.25) is 0 Å². The predicted octanol–water partition coefficient (Wildman–Crippen LogP) is 2.85. The Morgan fingerprint density at radius 3 is 2.93 bits per heavy atom. The molecule has 2 N–H and O–H groups in total. The van der Waals surface area contributed by atoms with Crippen molar-refractivity contribution >= 4 is 17.3 Å². The first kappa shape index (κ1) is 11.7. The Kier molecular flexibility index (Phi) is 4.26. The molecule has 1 rings (SSSR count). The van der Waals surface area contributed by atoms with Gasteiger partial charge in [0.1, 0.15) is 11.6 Å². The monoisotopic (exact) mass is 227 g/mol. The molecule has 0 aliphatic heterocycles. The van der Waals surface area contributed by atoms with Crippen molar-refractivity contribution in [3.63, 3.8) is 0 Å². The summed E-state index contributed by atoms with van der Waals surface area (Å²) in [6, 6.07) is 2.51. The maximum absolute atomic E-state index is 12.9. The van der Waals surface area contributed by atoms with E-state index >= 15 is 0 Å². The topological polar surface area (TPSA) is 35.2 Å². The van der Waals surface area contributed by atoms with Crippen LogP contribution in [0.25, 0.3) is 0 Å². The summed E-state index contributed by atoms with van der Waals surface area (Å²) < 4.78 is 18.2. The molecule has 1 aromatic carbocycles. The number of anilines is 1. The Labute approximate surface area is 93.2 Å². The van der Waals surface area contributed by atoms with Gasteiger partial charge in [0, 0.05) is 12.5 Å². The molecule has 15 heavy (non-hydrogen) atoms. The first-order valence-electron chi connectivity index (χ1n) is 4.42. The van der Waals surface area contributed by atoms with Crippen LogP contribution >= 0.6 is 11.6 Å². The van der Waals surface area contributed by atoms with Crippen molar-refractivity contribution in [2.24, 2.45) is 0 Å². The molecular formula is C11H11ClFNO. The molecule has 1 aromatic rings. The second kappa shape index (κ2) is 5.47. The van der Waals surface area contributed by atoms with E-state index in [9.17, 15) is 4.39 Å². The zero-order valence-electron chi connectivity index (χ0n) is 8.31. The summed E-state index contributed by atoms with van der Waals surface area (Å²) in [6.07, 6.45) is 0.601. The highest BCUT2D eigenvalue weighted by molar-refractivity contribution is 6.32. The van der Waals surface area contributed by atoms with Gasteiger partial charge in [-0.25, -0.2) is 4.39 Å². The first-order chi connectivity index (χ1) is 7.15. The van der Waals surface area contributed by atoms with Gasteiger partial charge in [0.2, 0.25) is 0 Å². The van der Waals surface area contributed by atoms with Crippen molar-refractivity contribution in [1.82, 2.24) is 0 Å². The smallest absolute Gasteiger partial charge is 0.147 e. The van der Waals surface area contributed by atoms with E-state index in [2.05, 4.69) is 11.8 Å². The molecule has 0 aliphatic rings. The van der Waals surface area contributed by atoms with Gasteiger partial charge in [-0.15, -0.1) is 11.8 Å². The van der Waals surface area contributed by atoms with Crippen LogP contribution in [-0.2, 0) is 0 Å². The normalized spacial score (nSPS) is 9.27. The second-order valence-electron chi connectivity index (χ2n) is 2.83. The summed E-state index contributed by atoms with van der Waals surface area (Å²) >= 11 is 5.76. The summed E-state index contributed by atoms with van der Waals surface area (Å²) in [7, 11) is 0. The molecule has 80 valence electrons. The highest BCUT2D eigenvalue weighted by atomic mass is 35.5. The Morgan fingerprint density at radius 1 is 1.53 bits per heavy atom. The summed E-state index contributed by atoms with van der Waals surface area (Å²) in [5, 5.41) is 0.214. The van der Waals surface area contributed by atoms with Gasteiger partial charge in [0.05, 0.1) is 17.3 Å². The van der Waals surface area contributed by atoms with Crippen molar-refractivity contribution in [3.8, 4) is 17.6 Å². The molecule has 0 heterocycles. The minimum absolute atomic E-state index is 0.0241. The Balaban J connectivity index is 2.67. The summed E-state index contributed by atoms with van der Waals surface area (Å²) in [5.41, 5.74) is 5.40. The lowest BCUT2D eigenvalue weighted by molar-refractivity contribution is 0.327. The fourth-order valence-corrected chi connectivity index (χ4v) is 1.20. The zero-order valence-corrected chi connectivity index (χ0v) is 9.07. The van der Waals surface area contributed by atoms with Crippen LogP contribution < -0.4 is 10.5 Å². The van der Waals surface area contributed by atoms with Crippen LogP contribution in [0.3, 0.4) is 0 Å². The Hall–Kier alpha value is -1.40. The van der Waals surface area contributed by atoms with E-state index in [4.69, 9.17) is 22.1 Å². The van der Waals surface area contributed by atoms with E-state index in [1.807, 2.05) is 0 Å². The number of nitrogens with two attached hydrogens (primary N) is 1. The average Bonchev–Trinajstić information content (AvgIpc) is 2.20. The lowest BCUT2D eigenvalue weighted by atomic mass is 10.3. The molecule has 0 fully saturated rings. The van der Waals surface area contributed by atoms with E-state index in [1.54, 1.807) is 6.92 Å². The van der Waals surface area contributed by atoms with Gasteiger partial charge in [-0.05, 0) is 13.0 Å². The van der Waals surface area contributed by atoms with Crippen LogP contribution in [0.5, 0.6) is 5.75 Å². The minimum Gasteiger partial charge on any atom is -0.491 e. The second-order valence-corrected chi connectivity index (χ2v) is 3.24. The molecule has 0 aliphatic carbocycles. The third-order valence-electron chi connectivity index (χ3n) is 1.71. The third kappa shape index (κ3) is 3.34. The van der Waals surface area contributed by atoms with Crippen LogP contribution in [0.2, 0.25) is 5.02 Å². The fourth-order valence-electron chi connectivity index (χ4n) is 0.992. The molecule has 0 radical (unpaired) electrons. The van der Waals surface area contributed by atoms with Crippen molar-refractivity contribution in [1.29, 1.82) is 0 Å². The van der Waals surface area contributed by atoms with Crippen LogP contribution in [0, 0.1) is 17.7 Å². The van der Waals surface area contributed by atoms with E-state index in [-0.39, 0.29) is 10.7 Å². The zero-order chi connectivity index (χ0) is 11.3. The molecule has 0 saturated heterocycles. The molecule has 0 atom stereocenters. The quantitative estimate of drug-likeness (QED) is 0.490. The standard InChI is InChI=1S/C11H11ClFNO/c1-2-3-4-5-15-11-7-10(14)9(13)6-8(11)12/h6-7H,4-5,14H2,1H3. The van der Waals surface area contributed by atoms with E-state index in [0.29, 0.717) is 18.8 Å². The minimum atomic E-state index is -0.541. The Morgan fingerprint density at radius 2 is 2.27 bits per heavy atom. The van der Waals surface area contributed by atoms with E-state index in [0.717, 1.165) is 6.07 Å². The number of hydrogen-bond acceptors (Lipinski definition) is 2. The average molecular weight is 228 g/mol. The maximum atomic E-state index is 12.9. The number of nitrogen functional groups attached to an aromatic ring is 1. The van der Waals surface area contributed by atoms with E-state index in [1.165, 1.54) is 6.07 Å². The van der Waals surface area contributed by atoms with Crippen molar-refractivity contribution in [3.05, 3.63) is 23.0 Å². The van der Waals surface area contributed by atoms with Crippen molar-refractivity contribution in [2.45, 2.75) is 13.3 Å². The molecule has 4 heteroatoms. The highest BCUT2D eigenvalue weighted by Gasteiger charge is 2.06.